The van der Waals surface area contributed by atoms with Crippen molar-refractivity contribution in [3.63, 3.8) is 0 Å². The van der Waals surface area contributed by atoms with Gasteiger partial charge in [-0.3, -0.25) is 0 Å². The predicted octanol–water partition coefficient (Wildman–Crippen LogP) is 13.0. The summed E-state index contributed by atoms with van der Waals surface area (Å²) >= 11 is 1.85. The van der Waals surface area contributed by atoms with Crippen LogP contribution in [0.15, 0.2) is 170 Å². The Labute approximate surface area is 287 Å². The van der Waals surface area contributed by atoms with Gasteiger partial charge in [0.25, 0.3) is 0 Å². The molecule has 10 aromatic rings. The fraction of sp³-hybridized carbons (Fsp3) is 0. The van der Waals surface area contributed by atoms with Gasteiger partial charge in [-0.1, -0.05) is 140 Å². The molecular weight excluding hydrogens is 613 g/mol. The van der Waals surface area contributed by atoms with Crippen molar-refractivity contribution >= 4 is 63.8 Å². The van der Waals surface area contributed by atoms with Crippen LogP contribution in [0.3, 0.4) is 0 Å². The van der Waals surface area contributed by atoms with Gasteiger partial charge in [-0.05, 0) is 73.8 Å². The quantitative estimate of drug-likeness (QED) is 0.141. The first-order valence-electron chi connectivity index (χ1n) is 16.6. The van der Waals surface area contributed by atoms with Crippen molar-refractivity contribution in [2.24, 2.45) is 0 Å². The van der Waals surface area contributed by atoms with E-state index in [9.17, 15) is 0 Å². The molecule has 0 amide bonds. The van der Waals surface area contributed by atoms with E-state index in [0.29, 0.717) is 5.82 Å². The van der Waals surface area contributed by atoms with Crippen LogP contribution in [0.5, 0.6) is 0 Å². The highest BCUT2D eigenvalue weighted by Gasteiger charge is 2.17. The van der Waals surface area contributed by atoms with Gasteiger partial charge in [-0.15, -0.1) is 11.3 Å². The first-order valence-corrected chi connectivity index (χ1v) is 17.4. The molecule has 0 aliphatic heterocycles. The summed E-state index contributed by atoms with van der Waals surface area (Å²) in [4.78, 5) is 10.5. The van der Waals surface area contributed by atoms with Crippen LogP contribution in [0.25, 0.3) is 97.5 Å². The number of hydrogen-bond acceptors (Lipinski definition) is 3. The first-order chi connectivity index (χ1) is 24.3. The van der Waals surface area contributed by atoms with E-state index < -0.39 is 0 Å². The van der Waals surface area contributed by atoms with Gasteiger partial charge in [-0.25, -0.2) is 9.97 Å². The molecule has 0 spiro atoms. The van der Waals surface area contributed by atoms with Gasteiger partial charge in [0.2, 0.25) is 0 Å². The van der Waals surface area contributed by atoms with Crippen molar-refractivity contribution in [1.82, 2.24) is 9.97 Å². The van der Waals surface area contributed by atoms with Crippen LogP contribution >= 0.6 is 11.3 Å². The minimum atomic E-state index is 0.715. The maximum absolute atomic E-state index is 5.31. The van der Waals surface area contributed by atoms with Crippen molar-refractivity contribution in [2.45, 2.75) is 0 Å². The summed E-state index contributed by atoms with van der Waals surface area (Å²) < 4.78 is 2.62. The van der Waals surface area contributed by atoms with Gasteiger partial charge in [0.15, 0.2) is 5.82 Å². The summed E-state index contributed by atoms with van der Waals surface area (Å²) in [5.41, 5.74) is 7.36. The second-order valence-corrected chi connectivity index (χ2v) is 13.7. The highest BCUT2D eigenvalue weighted by atomic mass is 32.1. The third-order valence-corrected chi connectivity index (χ3v) is 10.8. The largest absolute Gasteiger partial charge is 0.228 e. The molecule has 10 rings (SSSR count). The molecule has 0 bridgehead atoms. The number of hydrogen-bond donors (Lipinski definition) is 0. The zero-order valence-electron chi connectivity index (χ0n) is 26.5. The number of fused-ring (bicyclic) bond motifs is 7. The Morgan fingerprint density at radius 2 is 0.980 bits per heavy atom. The smallest absolute Gasteiger partial charge is 0.160 e. The Morgan fingerprint density at radius 3 is 1.88 bits per heavy atom. The number of nitrogens with zero attached hydrogens (tertiary/aromatic N) is 2. The highest BCUT2D eigenvalue weighted by Crippen LogP contribution is 2.41. The van der Waals surface area contributed by atoms with Crippen molar-refractivity contribution in [1.29, 1.82) is 0 Å². The van der Waals surface area contributed by atoms with Gasteiger partial charge in [0.05, 0.1) is 11.4 Å². The maximum Gasteiger partial charge on any atom is 0.160 e. The minimum absolute atomic E-state index is 0.715. The Kier molecular flexibility index (Phi) is 6.39. The lowest BCUT2D eigenvalue weighted by molar-refractivity contribution is 1.19. The van der Waals surface area contributed by atoms with Crippen molar-refractivity contribution in [3.05, 3.63) is 170 Å². The van der Waals surface area contributed by atoms with Crippen LogP contribution in [0.2, 0.25) is 0 Å². The number of benzene rings is 8. The Balaban J connectivity index is 1.20. The second kappa shape index (κ2) is 11.2. The summed E-state index contributed by atoms with van der Waals surface area (Å²) in [6.45, 7) is 0. The molecule has 228 valence electrons. The monoisotopic (exact) mass is 640 g/mol. The molecule has 0 aliphatic rings. The molecule has 0 aliphatic carbocycles. The van der Waals surface area contributed by atoms with Gasteiger partial charge < -0.3 is 0 Å². The van der Waals surface area contributed by atoms with Crippen molar-refractivity contribution < 1.29 is 0 Å². The van der Waals surface area contributed by atoms with Crippen LogP contribution in [-0.2, 0) is 0 Å². The topological polar surface area (TPSA) is 25.8 Å². The van der Waals surface area contributed by atoms with Crippen molar-refractivity contribution in [3.8, 4) is 45.0 Å². The molecule has 0 atom stereocenters. The zero-order valence-corrected chi connectivity index (χ0v) is 27.3. The molecule has 49 heavy (non-hydrogen) atoms. The van der Waals surface area contributed by atoms with Gasteiger partial charge in [0.1, 0.15) is 0 Å². The molecule has 0 saturated heterocycles. The van der Waals surface area contributed by atoms with E-state index in [1.165, 1.54) is 63.6 Å². The van der Waals surface area contributed by atoms with E-state index in [2.05, 4.69) is 164 Å². The standard InChI is InChI=1S/C46H28N2S/c1-2-12-30(13-3-1)46-47-41(34-16-10-15-31(25-34)32-22-23-38-37-19-8-9-20-43(37)49-44(38)27-32)28-42(48-46)45-36-18-7-5-14-33(36)26-40-35-17-6-4-11-29(35)21-24-39(40)45/h1-28H. The molecule has 0 saturated carbocycles. The van der Waals surface area contributed by atoms with E-state index in [-0.39, 0.29) is 0 Å². The lowest BCUT2D eigenvalue weighted by Gasteiger charge is -2.15. The third kappa shape index (κ3) is 4.70. The van der Waals surface area contributed by atoms with Crippen LogP contribution in [0.1, 0.15) is 0 Å². The summed E-state index contributed by atoms with van der Waals surface area (Å²) in [6.07, 6.45) is 0. The lowest BCUT2D eigenvalue weighted by Crippen LogP contribution is -1.97. The maximum atomic E-state index is 5.31. The molecule has 2 nitrogen and oxygen atoms in total. The highest BCUT2D eigenvalue weighted by molar-refractivity contribution is 7.25. The van der Waals surface area contributed by atoms with Crippen LogP contribution in [0.4, 0.5) is 0 Å². The summed E-state index contributed by atoms with van der Waals surface area (Å²) in [5, 5.41) is 9.89. The van der Waals surface area contributed by atoms with Crippen LogP contribution in [-0.4, -0.2) is 9.97 Å². The average Bonchev–Trinajstić information content (AvgIpc) is 3.55. The summed E-state index contributed by atoms with van der Waals surface area (Å²) in [7, 11) is 0. The molecule has 8 aromatic carbocycles. The second-order valence-electron chi connectivity index (χ2n) is 12.6. The molecule has 2 aromatic heterocycles. The minimum Gasteiger partial charge on any atom is -0.228 e. The molecule has 0 radical (unpaired) electrons. The van der Waals surface area contributed by atoms with E-state index in [0.717, 1.165) is 28.1 Å². The fourth-order valence-corrected chi connectivity index (χ4v) is 8.44. The Hall–Kier alpha value is -6.16. The fourth-order valence-electron chi connectivity index (χ4n) is 7.30. The zero-order chi connectivity index (χ0) is 32.3. The first kappa shape index (κ1) is 27.9. The van der Waals surface area contributed by atoms with Crippen molar-refractivity contribution in [2.75, 3.05) is 0 Å². The molecule has 0 N–H and O–H groups in total. The van der Waals surface area contributed by atoms with E-state index >= 15 is 0 Å². The Bertz CT molecular complexity index is 2890. The predicted molar refractivity (Wildman–Crippen MR) is 209 cm³/mol. The average molecular weight is 641 g/mol. The molecule has 0 unspecified atom stereocenters. The molecule has 2 heterocycles. The SMILES string of the molecule is c1ccc(-c2nc(-c3cccc(-c4ccc5c(c4)sc4ccccc45)c3)cc(-c3c4ccccc4cc4c3ccc3ccccc34)n2)cc1. The summed E-state index contributed by atoms with van der Waals surface area (Å²) in [6, 6.07) is 60.9. The van der Waals surface area contributed by atoms with E-state index in [1.54, 1.807) is 0 Å². The van der Waals surface area contributed by atoms with E-state index in [4.69, 9.17) is 9.97 Å². The Morgan fingerprint density at radius 1 is 0.327 bits per heavy atom. The number of rotatable bonds is 4. The number of thiophene rings is 1. The van der Waals surface area contributed by atoms with Gasteiger partial charge >= 0.3 is 0 Å². The summed E-state index contributed by atoms with van der Waals surface area (Å²) in [5.74, 6) is 0.715. The van der Waals surface area contributed by atoms with Gasteiger partial charge in [0, 0.05) is 36.9 Å². The number of aromatic nitrogens is 2. The normalized spacial score (nSPS) is 11.7. The molecular formula is C46H28N2S. The van der Waals surface area contributed by atoms with Crippen LogP contribution in [0, 0.1) is 0 Å². The van der Waals surface area contributed by atoms with Crippen LogP contribution < -0.4 is 0 Å². The third-order valence-electron chi connectivity index (χ3n) is 9.65. The molecule has 0 fully saturated rings. The molecule has 3 heteroatoms. The lowest BCUT2D eigenvalue weighted by atomic mass is 9.91. The van der Waals surface area contributed by atoms with E-state index in [1.807, 2.05) is 17.4 Å². The van der Waals surface area contributed by atoms with Gasteiger partial charge in [-0.2, -0.15) is 0 Å².